The molecule has 0 unspecified atom stereocenters. The summed E-state index contributed by atoms with van der Waals surface area (Å²) in [7, 11) is 1.69. The smallest absolute Gasteiger partial charge is 0.278 e. The van der Waals surface area contributed by atoms with E-state index in [-0.39, 0.29) is 17.5 Å². The molecular weight excluding hydrogens is 332 g/mol. The number of carbonyl (C=O) groups is 2. The van der Waals surface area contributed by atoms with Gasteiger partial charge in [-0.25, -0.2) is 0 Å². The van der Waals surface area contributed by atoms with E-state index in [9.17, 15) is 9.59 Å². The van der Waals surface area contributed by atoms with Crippen LogP contribution in [-0.4, -0.2) is 31.4 Å². The van der Waals surface area contributed by atoms with Crippen molar-refractivity contribution in [2.75, 3.05) is 10.6 Å². The van der Waals surface area contributed by atoms with E-state index in [2.05, 4.69) is 20.8 Å². The maximum Gasteiger partial charge on any atom is 0.278 e. The van der Waals surface area contributed by atoms with Crippen LogP contribution in [0.15, 0.2) is 42.6 Å². The number of rotatable bonds is 5. The first kappa shape index (κ1) is 17.4. The number of anilines is 2. The molecule has 1 aromatic carbocycles. The SMILES string of the molecule is CCn1cc(NC(=O)c2cc(C)nn2C)c(C(=O)Nc2ccccc2)n1. The van der Waals surface area contributed by atoms with Crippen LogP contribution in [0.1, 0.15) is 33.6 Å². The largest absolute Gasteiger partial charge is 0.321 e. The van der Waals surface area contributed by atoms with Gasteiger partial charge in [0.2, 0.25) is 0 Å². The molecule has 0 saturated carbocycles. The van der Waals surface area contributed by atoms with Crippen molar-refractivity contribution in [2.45, 2.75) is 20.4 Å². The summed E-state index contributed by atoms with van der Waals surface area (Å²) in [5, 5.41) is 14.0. The molecule has 0 bridgehead atoms. The fourth-order valence-corrected chi connectivity index (χ4v) is 2.56. The number of hydrogen-bond acceptors (Lipinski definition) is 4. The quantitative estimate of drug-likeness (QED) is 0.737. The van der Waals surface area contributed by atoms with E-state index in [4.69, 9.17) is 0 Å². The van der Waals surface area contributed by atoms with Crippen LogP contribution in [0.2, 0.25) is 0 Å². The molecule has 2 N–H and O–H groups in total. The Labute approximate surface area is 150 Å². The lowest BCUT2D eigenvalue weighted by Crippen LogP contribution is -2.19. The van der Waals surface area contributed by atoms with Gasteiger partial charge >= 0.3 is 0 Å². The number of benzene rings is 1. The normalized spacial score (nSPS) is 10.6. The lowest BCUT2D eigenvalue weighted by Gasteiger charge is -2.06. The van der Waals surface area contributed by atoms with Crippen molar-refractivity contribution >= 4 is 23.2 Å². The van der Waals surface area contributed by atoms with E-state index >= 15 is 0 Å². The van der Waals surface area contributed by atoms with E-state index in [1.807, 2.05) is 32.0 Å². The summed E-state index contributed by atoms with van der Waals surface area (Å²) in [4.78, 5) is 25.1. The minimum atomic E-state index is -0.389. The van der Waals surface area contributed by atoms with Crippen LogP contribution in [0.4, 0.5) is 11.4 Å². The van der Waals surface area contributed by atoms with E-state index in [0.717, 1.165) is 5.69 Å². The molecule has 2 amide bonds. The molecule has 0 aliphatic rings. The highest BCUT2D eigenvalue weighted by Gasteiger charge is 2.20. The maximum atomic E-state index is 12.6. The average molecular weight is 352 g/mol. The maximum absolute atomic E-state index is 12.6. The molecule has 0 radical (unpaired) electrons. The van der Waals surface area contributed by atoms with Crippen molar-refractivity contribution in [1.29, 1.82) is 0 Å². The van der Waals surface area contributed by atoms with Gasteiger partial charge in [0.05, 0.1) is 11.4 Å². The molecule has 8 nitrogen and oxygen atoms in total. The summed E-state index contributed by atoms with van der Waals surface area (Å²) in [6.45, 7) is 4.29. The standard InChI is InChI=1S/C18H20N6O2/c1-4-24-11-14(20-17(25)15-10-12(2)21-23(15)3)16(22-24)18(26)19-13-8-6-5-7-9-13/h5-11H,4H2,1-3H3,(H,19,26)(H,20,25). The van der Waals surface area contributed by atoms with Crippen LogP contribution in [-0.2, 0) is 13.6 Å². The first-order chi connectivity index (χ1) is 12.5. The first-order valence-corrected chi connectivity index (χ1v) is 8.23. The van der Waals surface area contributed by atoms with Crippen LogP contribution in [0.5, 0.6) is 0 Å². The Morgan fingerprint density at radius 1 is 1.08 bits per heavy atom. The fourth-order valence-electron chi connectivity index (χ4n) is 2.56. The number of hydrogen-bond donors (Lipinski definition) is 2. The molecule has 0 fully saturated rings. The van der Waals surface area contributed by atoms with Gasteiger partial charge in [0.25, 0.3) is 11.8 Å². The van der Waals surface area contributed by atoms with Crippen LogP contribution in [0.25, 0.3) is 0 Å². The number of amides is 2. The molecule has 2 heterocycles. The highest BCUT2D eigenvalue weighted by molar-refractivity contribution is 6.11. The van der Waals surface area contributed by atoms with Crippen molar-refractivity contribution in [2.24, 2.45) is 7.05 Å². The van der Waals surface area contributed by atoms with E-state index in [0.29, 0.717) is 23.6 Å². The second-order valence-corrected chi connectivity index (χ2v) is 5.82. The molecular formula is C18H20N6O2. The Balaban J connectivity index is 1.85. The van der Waals surface area contributed by atoms with Crippen LogP contribution in [0.3, 0.4) is 0 Å². The third-order valence-corrected chi connectivity index (χ3v) is 3.82. The van der Waals surface area contributed by atoms with Gasteiger partial charge in [-0.3, -0.25) is 19.0 Å². The van der Waals surface area contributed by atoms with Crippen LogP contribution >= 0.6 is 0 Å². The summed E-state index contributed by atoms with van der Waals surface area (Å²) in [5.41, 5.74) is 2.31. The zero-order valence-electron chi connectivity index (χ0n) is 14.9. The van der Waals surface area contributed by atoms with Crippen molar-refractivity contribution in [3.63, 3.8) is 0 Å². The fraction of sp³-hybridized carbons (Fsp3) is 0.222. The van der Waals surface area contributed by atoms with Gasteiger partial charge in [0.15, 0.2) is 5.69 Å². The number of aryl methyl sites for hydroxylation is 3. The lowest BCUT2D eigenvalue weighted by molar-refractivity contribution is 0.101. The van der Waals surface area contributed by atoms with Crippen molar-refractivity contribution in [1.82, 2.24) is 19.6 Å². The summed E-state index contributed by atoms with van der Waals surface area (Å²) in [6.07, 6.45) is 1.64. The van der Waals surface area contributed by atoms with E-state index < -0.39 is 0 Å². The topological polar surface area (TPSA) is 93.8 Å². The molecule has 26 heavy (non-hydrogen) atoms. The van der Waals surface area contributed by atoms with Crippen LogP contribution in [0, 0.1) is 6.92 Å². The van der Waals surface area contributed by atoms with Gasteiger partial charge in [-0.2, -0.15) is 10.2 Å². The molecule has 2 aromatic heterocycles. The lowest BCUT2D eigenvalue weighted by atomic mass is 10.3. The molecule has 0 aliphatic carbocycles. The molecule has 3 rings (SSSR count). The first-order valence-electron chi connectivity index (χ1n) is 8.23. The Kier molecular flexibility index (Phi) is 4.83. The van der Waals surface area contributed by atoms with Gasteiger partial charge in [0, 0.05) is 25.5 Å². The summed E-state index contributed by atoms with van der Waals surface area (Å²) in [5.74, 6) is -0.739. The molecule has 0 saturated heterocycles. The van der Waals surface area contributed by atoms with E-state index in [1.54, 1.807) is 36.1 Å². The van der Waals surface area contributed by atoms with Gasteiger partial charge in [-0.15, -0.1) is 0 Å². The minimum absolute atomic E-state index is 0.156. The van der Waals surface area contributed by atoms with Gasteiger partial charge in [0.1, 0.15) is 5.69 Å². The number of para-hydroxylation sites is 1. The molecule has 0 aliphatic heterocycles. The second-order valence-electron chi connectivity index (χ2n) is 5.82. The predicted molar refractivity (Wildman–Crippen MR) is 98.2 cm³/mol. The van der Waals surface area contributed by atoms with E-state index in [1.165, 1.54) is 4.68 Å². The zero-order chi connectivity index (χ0) is 18.7. The Hall–Kier alpha value is -3.42. The third kappa shape index (κ3) is 3.64. The third-order valence-electron chi connectivity index (χ3n) is 3.82. The van der Waals surface area contributed by atoms with Crippen molar-refractivity contribution in [3.8, 4) is 0 Å². The zero-order valence-corrected chi connectivity index (χ0v) is 14.9. The molecule has 0 spiro atoms. The number of aromatic nitrogens is 4. The second kappa shape index (κ2) is 7.22. The molecule has 8 heteroatoms. The summed E-state index contributed by atoms with van der Waals surface area (Å²) >= 11 is 0. The molecule has 134 valence electrons. The van der Waals surface area contributed by atoms with Gasteiger partial charge in [-0.05, 0) is 32.0 Å². The Morgan fingerprint density at radius 2 is 1.81 bits per heavy atom. The Morgan fingerprint density at radius 3 is 2.42 bits per heavy atom. The number of nitrogens with zero attached hydrogens (tertiary/aromatic N) is 4. The highest BCUT2D eigenvalue weighted by atomic mass is 16.2. The number of nitrogens with one attached hydrogen (secondary N) is 2. The molecule has 3 aromatic rings. The predicted octanol–water partition coefficient (Wildman–Crippen LogP) is 2.45. The summed E-state index contributed by atoms with van der Waals surface area (Å²) < 4.78 is 3.10. The highest BCUT2D eigenvalue weighted by Crippen LogP contribution is 2.18. The van der Waals surface area contributed by atoms with Gasteiger partial charge in [-0.1, -0.05) is 18.2 Å². The minimum Gasteiger partial charge on any atom is -0.321 e. The van der Waals surface area contributed by atoms with Gasteiger partial charge < -0.3 is 10.6 Å². The molecule has 0 atom stereocenters. The van der Waals surface area contributed by atoms with Crippen molar-refractivity contribution < 1.29 is 9.59 Å². The monoisotopic (exact) mass is 352 g/mol. The number of carbonyl (C=O) groups excluding carboxylic acids is 2. The summed E-state index contributed by atoms with van der Waals surface area (Å²) in [6, 6.07) is 10.8. The van der Waals surface area contributed by atoms with Crippen molar-refractivity contribution in [3.05, 3.63) is 59.7 Å². The Bertz CT molecular complexity index is 942. The average Bonchev–Trinajstić information content (AvgIpc) is 3.18. The van der Waals surface area contributed by atoms with Crippen LogP contribution < -0.4 is 10.6 Å².